The number of rotatable bonds is 2. The summed E-state index contributed by atoms with van der Waals surface area (Å²) in [5.74, 6) is 0.576. The van der Waals surface area contributed by atoms with E-state index in [1.807, 2.05) is 19.1 Å². The minimum absolute atomic E-state index is 0.204. The van der Waals surface area contributed by atoms with Gasteiger partial charge in [0, 0.05) is 10.7 Å². The summed E-state index contributed by atoms with van der Waals surface area (Å²) in [6.45, 7) is 1.86. The van der Waals surface area contributed by atoms with Crippen LogP contribution in [0.5, 0.6) is 0 Å². The topological polar surface area (TPSA) is 57.8 Å². The third-order valence-electron chi connectivity index (χ3n) is 2.96. The molecule has 3 aromatic rings. The third-order valence-corrected chi connectivity index (χ3v) is 3.19. The summed E-state index contributed by atoms with van der Waals surface area (Å²) in [6, 6.07) is 12.5. The van der Waals surface area contributed by atoms with E-state index < -0.39 is 0 Å². The van der Waals surface area contributed by atoms with Gasteiger partial charge in [-0.3, -0.25) is 4.79 Å². The van der Waals surface area contributed by atoms with E-state index >= 15 is 0 Å². The highest BCUT2D eigenvalue weighted by atomic mass is 35.5. The number of carbonyl (C=O) groups excluding carboxylic acids is 1. The summed E-state index contributed by atoms with van der Waals surface area (Å²) in [6.07, 6.45) is 0. The second kappa shape index (κ2) is 4.98. The number of anilines is 1. The Kier molecular flexibility index (Phi) is 3.16. The van der Waals surface area contributed by atoms with E-state index in [0.717, 1.165) is 11.3 Å². The van der Waals surface area contributed by atoms with Crippen LogP contribution in [-0.4, -0.2) is 15.9 Å². The summed E-state index contributed by atoms with van der Waals surface area (Å²) in [5.41, 5.74) is 2.71. The summed E-state index contributed by atoms with van der Waals surface area (Å²) in [7, 11) is 0. The molecule has 100 valence electrons. The third kappa shape index (κ3) is 2.38. The smallest absolute Gasteiger partial charge is 0.257 e. The van der Waals surface area contributed by atoms with Crippen molar-refractivity contribution in [2.24, 2.45) is 0 Å². The maximum absolute atomic E-state index is 12.3. The van der Waals surface area contributed by atoms with Crippen LogP contribution in [0.1, 0.15) is 16.2 Å². The number of nitrogens with zero attached hydrogens (tertiary/aromatic N) is 1. The quantitative estimate of drug-likeness (QED) is 0.753. The second-order valence-electron chi connectivity index (χ2n) is 4.49. The highest BCUT2D eigenvalue weighted by molar-refractivity contribution is 6.31. The first-order chi connectivity index (χ1) is 9.63. The van der Waals surface area contributed by atoms with Gasteiger partial charge in [0.15, 0.2) is 0 Å². The van der Waals surface area contributed by atoms with Gasteiger partial charge in [-0.25, -0.2) is 4.98 Å². The van der Waals surface area contributed by atoms with E-state index in [9.17, 15) is 4.79 Å². The summed E-state index contributed by atoms with van der Waals surface area (Å²) in [4.78, 5) is 19.8. The predicted molar refractivity (Wildman–Crippen MR) is 80.2 cm³/mol. The van der Waals surface area contributed by atoms with Gasteiger partial charge < -0.3 is 10.3 Å². The van der Waals surface area contributed by atoms with E-state index in [0.29, 0.717) is 21.8 Å². The summed E-state index contributed by atoms with van der Waals surface area (Å²) < 4.78 is 0. The minimum Gasteiger partial charge on any atom is -0.342 e. The number of hydrogen-bond acceptors (Lipinski definition) is 2. The van der Waals surface area contributed by atoms with Gasteiger partial charge in [-0.1, -0.05) is 23.7 Å². The lowest BCUT2D eigenvalue weighted by atomic mass is 10.1. The van der Waals surface area contributed by atoms with Gasteiger partial charge in [0.2, 0.25) is 0 Å². The lowest BCUT2D eigenvalue weighted by Crippen LogP contribution is -2.12. The molecule has 2 aromatic carbocycles. The molecule has 0 atom stereocenters. The molecule has 20 heavy (non-hydrogen) atoms. The average molecular weight is 286 g/mol. The number of amides is 1. The van der Waals surface area contributed by atoms with Gasteiger partial charge in [0.1, 0.15) is 11.3 Å². The molecule has 1 heterocycles. The first-order valence-electron chi connectivity index (χ1n) is 6.16. The van der Waals surface area contributed by atoms with Crippen LogP contribution in [0.3, 0.4) is 0 Å². The summed E-state index contributed by atoms with van der Waals surface area (Å²) in [5, 5.41) is 3.40. The van der Waals surface area contributed by atoms with Crippen molar-refractivity contribution in [1.29, 1.82) is 0 Å². The largest absolute Gasteiger partial charge is 0.342 e. The molecule has 0 fully saturated rings. The molecule has 0 spiro atoms. The number of aromatic nitrogens is 2. The lowest BCUT2D eigenvalue weighted by molar-refractivity contribution is 0.102. The zero-order valence-electron chi connectivity index (χ0n) is 10.8. The molecule has 0 aliphatic rings. The van der Waals surface area contributed by atoms with Crippen LogP contribution in [-0.2, 0) is 0 Å². The fourth-order valence-electron chi connectivity index (χ4n) is 2.10. The fourth-order valence-corrected chi connectivity index (χ4v) is 2.29. The number of benzene rings is 2. The number of aromatic amines is 1. The maximum Gasteiger partial charge on any atom is 0.257 e. The molecule has 1 aromatic heterocycles. The first-order valence-corrected chi connectivity index (χ1v) is 6.53. The number of carbonyl (C=O) groups is 1. The Morgan fingerprint density at radius 2 is 2.05 bits per heavy atom. The van der Waals surface area contributed by atoms with Gasteiger partial charge in [-0.05, 0) is 37.3 Å². The molecular weight excluding hydrogens is 274 g/mol. The lowest BCUT2D eigenvalue weighted by Gasteiger charge is -2.06. The molecule has 5 heteroatoms. The SMILES string of the molecule is Cc1nc2c(C(=O)Nc3cccc(Cl)c3)cccc2[nH]1. The van der Waals surface area contributed by atoms with Crippen LogP contribution < -0.4 is 5.32 Å². The van der Waals surface area contributed by atoms with Crippen LogP contribution in [0, 0.1) is 6.92 Å². The van der Waals surface area contributed by atoms with Gasteiger partial charge in [-0.2, -0.15) is 0 Å². The van der Waals surface area contributed by atoms with Gasteiger partial charge in [-0.15, -0.1) is 0 Å². The van der Waals surface area contributed by atoms with Crippen LogP contribution in [0.25, 0.3) is 11.0 Å². The van der Waals surface area contributed by atoms with Gasteiger partial charge in [0.25, 0.3) is 5.91 Å². The molecule has 0 saturated heterocycles. The zero-order chi connectivity index (χ0) is 14.1. The predicted octanol–water partition coefficient (Wildman–Crippen LogP) is 3.78. The van der Waals surface area contributed by atoms with Crippen LogP contribution in [0.15, 0.2) is 42.5 Å². The van der Waals surface area contributed by atoms with Crippen LogP contribution in [0.4, 0.5) is 5.69 Å². The number of aryl methyl sites for hydroxylation is 1. The molecule has 1 amide bonds. The number of imidazole rings is 1. The van der Waals surface area contributed by atoms with Crippen molar-refractivity contribution in [2.45, 2.75) is 6.92 Å². The highest BCUT2D eigenvalue weighted by Gasteiger charge is 2.13. The Bertz CT molecular complexity index is 795. The van der Waals surface area contributed by atoms with E-state index in [1.165, 1.54) is 0 Å². The van der Waals surface area contributed by atoms with Crippen molar-refractivity contribution in [2.75, 3.05) is 5.32 Å². The summed E-state index contributed by atoms with van der Waals surface area (Å²) >= 11 is 5.90. The molecule has 3 rings (SSSR count). The van der Waals surface area contributed by atoms with E-state index in [4.69, 9.17) is 11.6 Å². The monoisotopic (exact) mass is 285 g/mol. The van der Waals surface area contributed by atoms with Crippen molar-refractivity contribution in [3.8, 4) is 0 Å². The van der Waals surface area contributed by atoms with Crippen LogP contribution >= 0.6 is 11.6 Å². The Morgan fingerprint density at radius 3 is 2.85 bits per heavy atom. The Morgan fingerprint density at radius 1 is 1.25 bits per heavy atom. The Hall–Kier alpha value is -2.33. The van der Waals surface area contributed by atoms with Crippen molar-refractivity contribution in [3.63, 3.8) is 0 Å². The fraction of sp³-hybridized carbons (Fsp3) is 0.0667. The second-order valence-corrected chi connectivity index (χ2v) is 4.92. The Balaban J connectivity index is 1.96. The van der Waals surface area contributed by atoms with Crippen molar-refractivity contribution >= 4 is 34.2 Å². The molecule has 0 bridgehead atoms. The van der Waals surface area contributed by atoms with Gasteiger partial charge >= 0.3 is 0 Å². The average Bonchev–Trinajstić information content (AvgIpc) is 2.78. The maximum atomic E-state index is 12.3. The van der Waals surface area contributed by atoms with Gasteiger partial charge in [0.05, 0.1) is 11.1 Å². The minimum atomic E-state index is -0.204. The van der Waals surface area contributed by atoms with Crippen molar-refractivity contribution in [3.05, 3.63) is 58.9 Å². The van der Waals surface area contributed by atoms with Crippen molar-refractivity contribution < 1.29 is 4.79 Å². The molecule has 0 aliphatic heterocycles. The number of fused-ring (bicyclic) bond motifs is 1. The normalized spacial score (nSPS) is 10.7. The molecular formula is C15H12ClN3O. The van der Waals surface area contributed by atoms with E-state index in [1.54, 1.807) is 30.3 Å². The van der Waals surface area contributed by atoms with E-state index in [-0.39, 0.29) is 5.91 Å². The number of para-hydroxylation sites is 1. The molecule has 2 N–H and O–H groups in total. The van der Waals surface area contributed by atoms with E-state index in [2.05, 4.69) is 15.3 Å². The Labute approximate surface area is 120 Å². The number of halogens is 1. The standard InChI is InChI=1S/C15H12ClN3O/c1-9-17-13-7-3-6-12(14(13)18-9)15(20)19-11-5-2-4-10(16)8-11/h2-8H,1H3,(H,17,18)(H,19,20). The highest BCUT2D eigenvalue weighted by Crippen LogP contribution is 2.19. The van der Waals surface area contributed by atoms with Crippen molar-refractivity contribution in [1.82, 2.24) is 9.97 Å². The van der Waals surface area contributed by atoms with Crippen LogP contribution in [0.2, 0.25) is 5.02 Å². The molecule has 0 radical (unpaired) electrons. The molecule has 0 saturated carbocycles. The molecule has 4 nitrogen and oxygen atoms in total. The first kappa shape index (κ1) is 12.7. The number of nitrogens with one attached hydrogen (secondary N) is 2. The molecule has 0 aliphatic carbocycles. The number of hydrogen-bond donors (Lipinski definition) is 2. The zero-order valence-corrected chi connectivity index (χ0v) is 11.5. The number of H-pyrrole nitrogens is 1. The molecule has 0 unspecified atom stereocenters.